The molecule has 0 saturated carbocycles. The summed E-state index contributed by atoms with van der Waals surface area (Å²) in [6.07, 6.45) is 3.48. The normalized spacial score (nSPS) is 29.8. The molecule has 2 nitrogen and oxygen atoms in total. The first-order chi connectivity index (χ1) is 9.67. The maximum absolute atomic E-state index is 12.5. The molecule has 0 aliphatic carbocycles. The van der Waals surface area contributed by atoms with Crippen molar-refractivity contribution in [2.45, 2.75) is 31.3 Å². The maximum atomic E-state index is 12.5. The first kappa shape index (κ1) is 14.6. The Labute approximate surface area is 132 Å². The zero-order valence-electron chi connectivity index (χ0n) is 11.4. The highest BCUT2D eigenvalue weighted by molar-refractivity contribution is 9.10. The van der Waals surface area contributed by atoms with E-state index in [1.807, 2.05) is 36.0 Å². The third kappa shape index (κ3) is 3.29. The lowest BCUT2D eigenvalue weighted by Gasteiger charge is -2.37. The molecule has 0 bridgehead atoms. The van der Waals surface area contributed by atoms with Crippen LogP contribution in [0.1, 0.15) is 24.8 Å². The second-order valence-electron chi connectivity index (χ2n) is 5.79. The van der Waals surface area contributed by atoms with E-state index in [1.165, 1.54) is 5.75 Å². The number of halogens is 1. The van der Waals surface area contributed by atoms with Gasteiger partial charge in [0.05, 0.1) is 5.60 Å². The summed E-state index contributed by atoms with van der Waals surface area (Å²) in [5.74, 6) is 2.81. The molecule has 0 N–H and O–H groups in total. The lowest BCUT2D eigenvalue weighted by Crippen LogP contribution is -2.42. The molecule has 3 rings (SSSR count). The van der Waals surface area contributed by atoms with Crippen LogP contribution in [0.3, 0.4) is 0 Å². The third-order valence-corrected chi connectivity index (χ3v) is 6.06. The van der Waals surface area contributed by atoms with E-state index in [2.05, 4.69) is 15.9 Å². The van der Waals surface area contributed by atoms with Gasteiger partial charge in [0.25, 0.3) is 0 Å². The van der Waals surface area contributed by atoms with Crippen LogP contribution in [-0.4, -0.2) is 29.5 Å². The van der Waals surface area contributed by atoms with Gasteiger partial charge in [-0.25, -0.2) is 0 Å². The fraction of sp³-hybridized carbons (Fsp3) is 0.562. The van der Waals surface area contributed by atoms with Gasteiger partial charge in [0.2, 0.25) is 0 Å². The number of ether oxygens (including phenoxy) is 1. The topological polar surface area (TPSA) is 26.3 Å². The van der Waals surface area contributed by atoms with Gasteiger partial charge < -0.3 is 4.74 Å². The second-order valence-corrected chi connectivity index (χ2v) is 7.81. The van der Waals surface area contributed by atoms with Crippen LogP contribution in [0.5, 0.6) is 0 Å². The number of ketones is 1. The predicted molar refractivity (Wildman–Crippen MR) is 86.2 cm³/mol. The van der Waals surface area contributed by atoms with Crippen molar-refractivity contribution in [1.82, 2.24) is 0 Å². The van der Waals surface area contributed by atoms with Crippen LogP contribution in [0.2, 0.25) is 0 Å². The van der Waals surface area contributed by atoms with Crippen LogP contribution in [0.15, 0.2) is 28.7 Å². The van der Waals surface area contributed by atoms with Crippen LogP contribution < -0.4 is 0 Å². The van der Waals surface area contributed by atoms with Gasteiger partial charge in [0.15, 0.2) is 0 Å². The highest BCUT2D eigenvalue weighted by atomic mass is 79.9. The molecular weight excluding hydrogens is 336 g/mol. The summed E-state index contributed by atoms with van der Waals surface area (Å²) in [7, 11) is 0. The van der Waals surface area contributed by atoms with Crippen molar-refractivity contribution in [2.24, 2.45) is 5.92 Å². The Hall–Kier alpha value is -0.320. The molecule has 2 unspecified atom stereocenters. The Balaban J connectivity index is 1.63. The van der Waals surface area contributed by atoms with E-state index >= 15 is 0 Å². The smallest absolute Gasteiger partial charge is 0.140 e. The van der Waals surface area contributed by atoms with Crippen molar-refractivity contribution >= 4 is 33.5 Å². The fourth-order valence-corrected chi connectivity index (χ4v) is 4.76. The molecule has 108 valence electrons. The van der Waals surface area contributed by atoms with Crippen molar-refractivity contribution in [1.29, 1.82) is 0 Å². The molecule has 4 heteroatoms. The molecule has 1 spiro atoms. The van der Waals surface area contributed by atoms with E-state index in [4.69, 9.17) is 4.74 Å². The van der Waals surface area contributed by atoms with Crippen LogP contribution in [0.25, 0.3) is 0 Å². The summed E-state index contributed by atoms with van der Waals surface area (Å²) < 4.78 is 7.05. The monoisotopic (exact) mass is 354 g/mol. The van der Waals surface area contributed by atoms with E-state index in [0.29, 0.717) is 12.2 Å². The third-order valence-electron chi connectivity index (χ3n) is 4.31. The summed E-state index contributed by atoms with van der Waals surface area (Å²) in [5.41, 5.74) is 1.11. The van der Waals surface area contributed by atoms with Crippen molar-refractivity contribution in [2.75, 3.05) is 18.1 Å². The Morgan fingerprint density at radius 1 is 1.40 bits per heavy atom. The Kier molecular flexibility index (Phi) is 4.53. The number of hydrogen-bond donors (Lipinski definition) is 0. The average molecular weight is 355 g/mol. The molecule has 0 radical (unpaired) electrons. The summed E-state index contributed by atoms with van der Waals surface area (Å²) in [6, 6.07) is 8.06. The van der Waals surface area contributed by atoms with Gasteiger partial charge in [-0.1, -0.05) is 28.1 Å². The quantitative estimate of drug-likeness (QED) is 0.824. The van der Waals surface area contributed by atoms with Crippen LogP contribution in [0.4, 0.5) is 0 Å². The molecule has 2 aliphatic rings. The van der Waals surface area contributed by atoms with Crippen LogP contribution in [0, 0.1) is 5.92 Å². The summed E-state index contributed by atoms with van der Waals surface area (Å²) in [4.78, 5) is 12.5. The minimum Gasteiger partial charge on any atom is -0.374 e. The molecule has 2 heterocycles. The van der Waals surface area contributed by atoms with Crippen molar-refractivity contribution in [3.8, 4) is 0 Å². The molecule has 2 aliphatic heterocycles. The highest BCUT2D eigenvalue weighted by Gasteiger charge is 2.42. The largest absolute Gasteiger partial charge is 0.374 e. The zero-order chi connectivity index (χ0) is 14.0. The van der Waals surface area contributed by atoms with Gasteiger partial charge in [0.1, 0.15) is 5.78 Å². The molecule has 2 fully saturated rings. The SMILES string of the molecule is O=C(Cc1ccc(Br)cc1)C1CCOC2(CCSC2)C1. The number of rotatable bonds is 3. The lowest BCUT2D eigenvalue weighted by atomic mass is 9.81. The number of carbonyl (C=O) groups excluding carboxylic acids is 1. The molecular formula is C16H19BrO2S. The summed E-state index contributed by atoms with van der Waals surface area (Å²) >= 11 is 5.38. The minimum atomic E-state index is 0.00294. The number of hydrogen-bond acceptors (Lipinski definition) is 3. The van der Waals surface area contributed by atoms with Crippen LogP contribution in [-0.2, 0) is 16.0 Å². The molecule has 2 atom stereocenters. The zero-order valence-corrected chi connectivity index (χ0v) is 13.8. The van der Waals surface area contributed by atoms with E-state index in [9.17, 15) is 4.79 Å². The summed E-state index contributed by atoms with van der Waals surface area (Å²) in [5, 5.41) is 0. The number of benzene rings is 1. The van der Waals surface area contributed by atoms with E-state index in [0.717, 1.165) is 41.7 Å². The van der Waals surface area contributed by atoms with Crippen molar-refractivity contribution in [3.05, 3.63) is 34.3 Å². The van der Waals surface area contributed by atoms with Crippen molar-refractivity contribution in [3.63, 3.8) is 0 Å². The van der Waals surface area contributed by atoms with Crippen LogP contribution >= 0.6 is 27.7 Å². The van der Waals surface area contributed by atoms with Gasteiger partial charge in [-0.3, -0.25) is 4.79 Å². The minimum absolute atomic E-state index is 0.00294. The number of carbonyl (C=O) groups is 1. The predicted octanol–water partition coefficient (Wildman–Crippen LogP) is 3.86. The summed E-state index contributed by atoms with van der Waals surface area (Å²) in [6.45, 7) is 0.747. The second kappa shape index (κ2) is 6.20. The number of thioether (sulfide) groups is 1. The molecule has 0 amide bonds. The number of Topliss-reactive ketones (excluding diaryl/α,β-unsaturated/α-hetero) is 1. The molecule has 0 aromatic heterocycles. The molecule has 1 aromatic carbocycles. The highest BCUT2D eigenvalue weighted by Crippen LogP contribution is 2.40. The Morgan fingerprint density at radius 2 is 2.20 bits per heavy atom. The van der Waals surface area contributed by atoms with Gasteiger partial charge in [-0.05, 0) is 42.7 Å². The first-order valence-corrected chi connectivity index (χ1v) is 9.11. The van der Waals surface area contributed by atoms with Crippen molar-refractivity contribution < 1.29 is 9.53 Å². The van der Waals surface area contributed by atoms with E-state index in [-0.39, 0.29) is 11.5 Å². The van der Waals surface area contributed by atoms with Gasteiger partial charge in [-0.15, -0.1) is 0 Å². The fourth-order valence-electron chi connectivity index (χ4n) is 3.11. The standard InChI is InChI=1S/C16H19BrO2S/c17-14-3-1-12(2-4-14)9-15(18)13-5-7-19-16(10-13)6-8-20-11-16/h1-4,13H,5-11H2. The van der Waals surface area contributed by atoms with E-state index < -0.39 is 0 Å². The van der Waals surface area contributed by atoms with E-state index in [1.54, 1.807) is 0 Å². The Bertz CT molecular complexity index is 480. The van der Waals surface area contributed by atoms with Gasteiger partial charge in [-0.2, -0.15) is 11.8 Å². The van der Waals surface area contributed by atoms with Gasteiger partial charge in [0, 0.05) is 29.2 Å². The lowest BCUT2D eigenvalue weighted by molar-refractivity contribution is -0.133. The molecule has 1 aromatic rings. The van der Waals surface area contributed by atoms with Gasteiger partial charge >= 0.3 is 0 Å². The average Bonchev–Trinajstić information content (AvgIpc) is 2.89. The maximum Gasteiger partial charge on any atom is 0.140 e. The first-order valence-electron chi connectivity index (χ1n) is 7.16. The molecule has 2 saturated heterocycles. The Morgan fingerprint density at radius 3 is 2.90 bits per heavy atom. The molecule has 20 heavy (non-hydrogen) atoms.